The van der Waals surface area contributed by atoms with Crippen LogP contribution in [-0.4, -0.2) is 46.9 Å². The number of halogens is 1. The van der Waals surface area contributed by atoms with Crippen LogP contribution in [0.4, 0.5) is 4.39 Å². The fourth-order valence-electron chi connectivity index (χ4n) is 3.85. The third-order valence-corrected chi connectivity index (χ3v) is 7.69. The minimum Gasteiger partial charge on any atom is -0.313 e. The lowest BCUT2D eigenvalue weighted by atomic mass is 10.2. The molecule has 0 radical (unpaired) electrons. The Kier molecular flexibility index (Phi) is 4.94. The van der Waals surface area contributed by atoms with Gasteiger partial charge in [0.2, 0.25) is 4.77 Å². The second kappa shape index (κ2) is 7.10. The average Bonchev–Trinajstić information content (AvgIpc) is 3.33. The fourth-order valence-corrected chi connectivity index (χ4v) is 6.02. The van der Waals surface area contributed by atoms with Crippen LogP contribution in [0.1, 0.15) is 32.2 Å². The van der Waals surface area contributed by atoms with Crippen molar-refractivity contribution in [3.63, 3.8) is 0 Å². The van der Waals surface area contributed by atoms with Crippen molar-refractivity contribution in [2.24, 2.45) is 0 Å². The Morgan fingerprint density at radius 1 is 1.30 bits per heavy atom. The molecule has 1 aromatic heterocycles. The third kappa shape index (κ3) is 3.72. The number of aromatic nitrogens is 3. The van der Waals surface area contributed by atoms with E-state index in [1.54, 1.807) is 22.9 Å². The van der Waals surface area contributed by atoms with Crippen LogP contribution in [0.2, 0.25) is 0 Å². The van der Waals surface area contributed by atoms with Crippen molar-refractivity contribution in [1.82, 2.24) is 14.3 Å². The van der Waals surface area contributed by atoms with Crippen molar-refractivity contribution >= 4 is 22.1 Å². The summed E-state index contributed by atoms with van der Waals surface area (Å²) in [7, 11) is -2.94. The first kappa shape index (κ1) is 18.8. The summed E-state index contributed by atoms with van der Waals surface area (Å²) in [6.45, 7) is 3.32. The zero-order valence-electron chi connectivity index (χ0n) is 15.3. The van der Waals surface area contributed by atoms with E-state index in [0.717, 1.165) is 24.3 Å². The second-order valence-corrected chi connectivity index (χ2v) is 10.1. The van der Waals surface area contributed by atoms with Gasteiger partial charge in [0.25, 0.3) is 0 Å². The van der Waals surface area contributed by atoms with Gasteiger partial charge in [-0.3, -0.25) is 4.57 Å². The SMILES string of the molecule is CC[NH+](Cn1nc(-c2ccccc2F)n(C2CC2)c1=S)[C@H]1CCS(=O)(=O)C1. The molecule has 2 aliphatic rings. The molecule has 0 spiro atoms. The van der Waals surface area contributed by atoms with E-state index in [9.17, 15) is 12.8 Å². The summed E-state index contributed by atoms with van der Waals surface area (Å²) in [5, 5.41) is 4.66. The minimum atomic E-state index is -2.94. The van der Waals surface area contributed by atoms with Crippen LogP contribution in [0.15, 0.2) is 24.3 Å². The van der Waals surface area contributed by atoms with Gasteiger partial charge in [-0.05, 0) is 44.1 Å². The largest absolute Gasteiger partial charge is 0.313 e. The van der Waals surface area contributed by atoms with Gasteiger partial charge < -0.3 is 4.90 Å². The fraction of sp³-hybridized carbons (Fsp3) is 0.556. The normalized spacial score (nSPS) is 22.8. The van der Waals surface area contributed by atoms with E-state index < -0.39 is 9.84 Å². The second-order valence-electron chi connectivity index (χ2n) is 7.46. The molecule has 4 rings (SSSR count). The molecule has 0 bridgehead atoms. The van der Waals surface area contributed by atoms with Crippen molar-refractivity contribution in [3.05, 3.63) is 34.9 Å². The van der Waals surface area contributed by atoms with E-state index in [2.05, 4.69) is 5.10 Å². The average molecular weight is 412 g/mol. The number of nitrogens with zero attached hydrogens (tertiary/aromatic N) is 3. The molecule has 1 aromatic carbocycles. The molecule has 1 saturated carbocycles. The van der Waals surface area contributed by atoms with Crippen LogP contribution in [0.25, 0.3) is 11.4 Å². The highest BCUT2D eigenvalue weighted by Gasteiger charge is 2.36. The van der Waals surface area contributed by atoms with E-state index in [1.165, 1.54) is 6.07 Å². The first-order valence-corrected chi connectivity index (χ1v) is 11.6. The Morgan fingerprint density at radius 2 is 2.04 bits per heavy atom. The minimum absolute atomic E-state index is 0.0601. The Balaban J connectivity index is 1.68. The number of sulfone groups is 1. The first-order valence-electron chi connectivity index (χ1n) is 9.39. The van der Waals surface area contributed by atoms with Gasteiger partial charge in [0, 0.05) is 12.5 Å². The van der Waals surface area contributed by atoms with Crippen LogP contribution in [0, 0.1) is 10.6 Å². The summed E-state index contributed by atoms with van der Waals surface area (Å²) in [6.07, 6.45) is 2.71. The molecule has 1 N–H and O–H groups in total. The molecular formula is C18H24FN4O2S2+. The summed E-state index contributed by atoms with van der Waals surface area (Å²) >= 11 is 5.67. The van der Waals surface area contributed by atoms with Crippen molar-refractivity contribution in [3.8, 4) is 11.4 Å². The monoisotopic (exact) mass is 411 g/mol. The number of quaternary nitrogens is 1. The van der Waals surface area contributed by atoms with Crippen LogP contribution in [-0.2, 0) is 16.5 Å². The van der Waals surface area contributed by atoms with Crippen molar-refractivity contribution in [2.75, 3.05) is 18.1 Å². The molecule has 146 valence electrons. The predicted molar refractivity (Wildman–Crippen MR) is 103 cm³/mol. The van der Waals surface area contributed by atoms with Crippen LogP contribution < -0.4 is 4.90 Å². The highest BCUT2D eigenvalue weighted by Crippen LogP contribution is 2.38. The molecule has 0 amide bonds. The molecule has 27 heavy (non-hydrogen) atoms. The lowest BCUT2D eigenvalue weighted by Gasteiger charge is -2.23. The van der Waals surface area contributed by atoms with E-state index in [1.807, 2.05) is 11.5 Å². The molecule has 9 heteroatoms. The van der Waals surface area contributed by atoms with Gasteiger partial charge in [0.15, 0.2) is 22.3 Å². The van der Waals surface area contributed by atoms with E-state index in [4.69, 9.17) is 12.2 Å². The molecular weight excluding hydrogens is 387 g/mol. The lowest BCUT2D eigenvalue weighted by molar-refractivity contribution is -0.943. The van der Waals surface area contributed by atoms with Crippen LogP contribution in [0.5, 0.6) is 0 Å². The molecule has 6 nitrogen and oxygen atoms in total. The number of nitrogens with one attached hydrogen (secondary N) is 1. The van der Waals surface area contributed by atoms with E-state index in [-0.39, 0.29) is 29.4 Å². The van der Waals surface area contributed by atoms with E-state index >= 15 is 0 Å². The standard InChI is InChI=1S/C18H23FN4O2S2/c1-2-21(14-9-10-27(24,25)11-14)12-22-18(26)23(13-7-8-13)17(20-22)15-5-3-4-6-16(15)19/h3-6,13-14H,2,7-12H2,1H3/p+1/t14-/m0/s1. The quantitative estimate of drug-likeness (QED) is 0.734. The molecule has 1 aliphatic carbocycles. The third-order valence-electron chi connectivity index (χ3n) is 5.51. The molecule has 1 aliphatic heterocycles. The van der Waals surface area contributed by atoms with Crippen LogP contribution in [0.3, 0.4) is 0 Å². The smallest absolute Gasteiger partial charge is 0.203 e. The highest BCUT2D eigenvalue weighted by atomic mass is 32.2. The number of rotatable bonds is 6. The zero-order chi connectivity index (χ0) is 19.2. The number of benzene rings is 1. The molecule has 2 atom stereocenters. The van der Waals surface area contributed by atoms with Gasteiger partial charge in [-0.2, -0.15) is 4.68 Å². The summed E-state index contributed by atoms with van der Waals surface area (Å²) in [6, 6.07) is 6.95. The van der Waals surface area contributed by atoms with E-state index in [0.29, 0.717) is 29.2 Å². The van der Waals surface area contributed by atoms with Gasteiger partial charge in [0.05, 0.1) is 17.9 Å². The maximum Gasteiger partial charge on any atom is 0.203 e. The Morgan fingerprint density at radius 3 is 2.63 bits per heavy atom. The topological polar surface area (TPSA) is 61.3 Å². The highest BCUT2D eigenvalue weighted by molar-refractivity contribution is 7.91. The lowest BCUT2D eigenvalue weighted by Crippen LogP contribution is -3.15. The number of hydrogen-bond donors (Lipinski definition) is 1. The summed E-state index contributed by atoms with van der Waals surface area (Å²) in [5.41, 5.74) is 0.454. The maximum absolute atomic E-state index is 14.4. The Labute approximate surface area is 163 Å². The van der Waals surface area contributed by atoms with Crippen LogP contribution >= 0.6 is 12.2 Å². The van der Waals surface area contributed by atoms with Crippen molar-refractivity contribution in [1.29, 1.82) is 0 Å². The number of hydrogen-bond acceptors (Lipinski definition) is 4. The molecule has 1 saturated heterocycles. The van der Waals surface area contributed by atoms with Crippen molar-refractivity contribution in [2.45, 2.75) is 44.9 Å². The summed E-state index contributed by atoms with van der Waals surface area (Å²) < 4.78 is 42.4. The van der Waals surface area contributed by atoms with Gasteiger partial charge in [-0.1, -0.05) is 12.1 Å². The molecule has 2 heterocycles. The summed E-state index contributed by atoms with van der Waals surface area (Å²) in [4.78, 5) is 1.15. The maximum atomic E-state index is 14.4. The van der Waals surface area contributed by atoms with Gasteiger partial charge in [-0.15, -0.1) is 5.10 Å². The predicted octanol–water partition coefficient (Wildman–Crippen LogP) is 1.60. The Bertz CT molecular complexity index is 1010. The molecule has 1 unspecified atom stereocenters. The first-order chi connectivity index (χ1) is 12.9. The molecule has 2 aromatic rings. The van der Waals surface area contributed by atoms with Gasteiger partial charge in [0.1, 0.15) is 17.6 Å². The summed E-state index contributed by atoms with van der Waals surface area (Å²) in [5.74, 6) is 0.722. The van der Waals surface area contributed by atoms with Crippen molar-refractivity contribution < 1.29 is 17.7 Å². The van der Waals surface area contributed by atoms with Gasteiger partial charge in [-0.25, -0.2) is 12.8 Å². The Hall–Kier alpha value is -1.58. The van der Waals surface area contributed by atoms with Gasteiger partial charge >= 0.3 is 0 Å². The molecule has 2 fully saturated rings. The zero-order valence-corrected chi connectivity index (χ0v) is 16.9.